The number of hydrogen-bond acceptors (Lipinski definition) is 5. The highest BCUT2D eigenvalue weighted by Crippen LogP contribution is 2.37. The minimum absolute atomic E-state index is 0.269. The third kappa shape index (κ3) is 3.49. The Kier molecular flexibility index (Phi) is 5.31. The van der Waals surface area contributed by atoms with Crippen LogP contribution in [0.4, 0.5) is 11.4 Å². The molecular weight excluding hydrogens is 402 g/mol. The lowest BCUT2D eigenvalue weighted by Crippen LogP contribution is -2.55. The molecule has 1 saturated heterocycles. The molecular formula is C26H23N3O3. The molecule has 1 fully saturated rings. The molecule has 5 rings (SSSR count). The van der Waals surface area contributed by atoms with Gasteiger partial charge in [0.05, 0.1) is 23.8 Å². The molecule has 2 aliphatic rings. The van der Waals surface area contributed by atoms with E-state index in [4.69, 9.17) is 0 Å². The van der Waals surface area contributed by atoms with Crippen molar-refractivity contribution in [2.75, 3.05) is 10.3 Å². The normalized spacial score (nSPS) is 23.8. The number of hydrazine groups is 1. The number of benzene rings is 3. The van der Waals surface area contributed by atoms with E-state index in [-0.39, 0.29) is 11.8 Å². The molecule has 2 N–H and O–H groups in total. The van der Waals surface area contributed by atoms with Crippen molar-refractivity contribution in [1.29, 1.82) is 0 Å². The van der Waals surface area contributed by atoms with Gasteiger partial charge in [0.2, 0.25) is 5.91 Å². The van der Waals surface area contributed by atoms with Gasteiger partial charge in [-0.25, -0.2) is 9.91 Å². The fourth-order valence-electron chi connectivity index (χ4n) is 4.41. The number of amides is 2. The van der Waals surface area contributed by atoms with Crippen LogP contribution in [0.5, 0.6) is 0 Å². The number of rotatable bonds is 5. The van der Waals surface area contributed by atoms with Gasteiger partial charge in [-0.1, -0.05) is 78.9 Å². The van der Waals surface area contributed by atoms with Crippen molar-refractivity contribution >= 4 is 23.2 Å². The van der Waals surface area contributed by atoms with Gasteiger partial charge in [0.25, 0.3) is 5.91 Å². The summed E-state index contributed by atoms with van der Waals surface area (Å²) in [5, 5.41) is 12.9. The topological polar surface area (TPSA) is 72.9 Å². The molecule has 6 nitrogen and oxygen atoms in total. The van der Waals surface area contributed by atoms with E-state index in [0.29, 0.717) is 5.69 Å². The van der Waals surface area contributed by atoms with Gasteiger partial charge in [0.1, 0.15) is 6.04 Å². The van der Waals surface area contributed by atoms with Crippen LogP contribution in [-0.2, 0) is 9.59 Å². The third-order valence-corrected chi connectivity index (χ3v) is 5.97. The van der Waals surface area contributed by atoms with Crippen LogP contribution >= 0.6 is 0 Å². The molecule has 4 atom stereocenters. The maximum absolute atomic E-state index is 13.6. The number of aliphatic hydroxyl groups excluding tert-OH is 1. The summed E-state index contributed by atoms with van der Waals surface area (Å²) in [7, 11) is 0. The van der Waals surface area contributed by atoms with Crippen molar-refractivity contribution in [3.05, 3.63) is 109 Å². The Morgan fingerprint density at radius 3 is 2.00 bits per heavy atom. The predicted molar refractivity (Wildman–Crippen MR) is 122 cm³/mol. The first-order valence-corrected chi connectivity index (χ1v) is 10.6. The summed E-state index contributed by atoms with van der Waals surface area (Å²) in [6.45, 7) is 0. The lowest BCUT2D eigenvalue weighted by molar-refractivity contribution is -0.123. The Hall–Kier alpha value is -3.74. The average Bonchev–Trinajstić information content (AvgIpc) is 3.10. The van der Waals surface area contributed by atoms with Crippen molar-refractivity contribution < 1.29 is 14.7 Å². The molecule has 2 amide bonds. The van der Waals surface area contributed by atoms with Gasteiger partial charge in [0.15, 0.2) is 0 Å². The number of para-hydroxylation sites is 2. The van der Waals surface area contributed by atoms with E-state index in [1.54, 1.807) is 35.4 Å². The number of carbonyl (C=O) groups is 2. The summed E-state index contributed by atoms with van der Waals surface area (Å²) in [6.07, 6.45) is 2.68. The molecule has 0 aromatic heterocycles. The SMILES string of the molecule is O=C1[C@@H]2[C@@H](C=C[C@H]([C@H](O)c3ccccc3)N2Nc2ccccc2)C(=O)N1c1ccccc1. The highest BCUT2D eigenvalue weighted by molar-refractivity contribution is 6.24. The van der Waals surface area contributed by atoms with E-state index in [1.807, 2.05) is 72.8 Å². The molecule has 2 heterocycles. The number of carbonyl (C=O) groups excluding carboxylic acids is 2. The summed E-state index contributed by atoms with van der Waals surface area (Å²) >= 11 is 0. The maximum atomic E-state index is 13.6. The summed E-state index contributed by atoms with van der Waals surface area (Å²) in [5.74, 6) is -1.22. The number of aliphatic hydroxyl groups is 1. The van der Waals surface area contributed by atoms with Gasteiger partial charge < -0.3 is 10.5 Å². The average molecular weight is 425 g/mol. The Morgan fingerprint density at radius 2 is 1.34 bits per heavy atom. The van der Waals surface area contributed by atoms with Crippen LogP contribution in [0, 0.1) is 5.92 Å². The second-order valence-electron chi connectivity index (χ2n) is 7.93. The van der Waals surface area contributed by atoms with Crippen molar-refractivity contribution in [2.45, 2.75) is 18.2 Å². The molecule has 0 radical (unpaired) electrons. The van der Waals surface area contributed by atoms with Crippen LogP contribution < -0.4 is 10.3 Å². The van der Waals surface area contributed by atoms with Crippen LogP contribution in [0.3, 0.4) is 0 Å². The molecule has 3 aromatic rings. The number of anilines is 2. The van der Waals surface area contributed by atoms with E-state index < -0.39 is 24.1 Å². The fourth-order valence-corrected chi connectivity index (χ4v) is 4.41. The largest absolute Gasteiger partial charge is 0.386 e. The summed E-state index contributed by atoms with van der Waals surface area (Å²) in [6, 6.07) is 26.4. The highest BCUT2D eigenvalue weighted by Gasteiger charge is 2.54. The smallest absolute Gasteiger partial charge is 0.254 e. The zero-order valence-electron chi connectivity index (χ0n) is 17.3. The van der Waals surface area contributed by atoms with Crippen LogP contribution in [-0.4, -0.2) is 34.0 Å². The van der Waals surface area contributed by atoms with Gasteiger partial charge in [-0.15, -0.1) is 0 Å². The van der Waals surface area contributed by atoms with E-state index in [2.05, 4.69) is 5.43 Å². The van der Waals surface area contributed by atoms with Crippen LogP contribution in [0.1, 0.15) is 11.7 Å². The van der Waals surface area contributed by atoms with Crippen molar-refractivity contribution in [1.82, 2.24) is 5.01 Å². The molecule has 0 bridgehead atoms. The van der Waals surface area contributed by atoms with Gasteiger partial charge in [-0.05, 0) is 29.8 Å². The minimum atomic E-state index is -0.890. The highest BCUT2D eigenvalue weighted by atomic mass is 16.3. The van der Waals surface area contributed by atoms with Crippen LogP contribution in [0.25, 0.3) is 0 Å². The molecule has 3 aromatic carbocycles. The molecule has 2 aliphatic heterocycles. The van der Waals surface area contributed by atoms with Gasteiger partial charge in [-0.2, -0.15) is 0 Å². The number of imide groups is 1. The zero-order valence-corrected chi connectivity index (χ0v) is 17.3. The molecule has 0 spiro atoms. The second-order valence-corrected chi connectivity index (χ2v) is 7.93. The Labute approximate surface area is 186 Å². The van der Waals surface area contributed by atoms with Gasteiger partial charge in [-0.3, -0.25) is 9.59 Å². The van der Waals surface area contributed by atoms with Crippen molar-refractivity contribution in [3.63, 3.8) is 0 Å². The number of hydrogen-bond donors (Lipinski definition) is 2. The summed E-state index contributed by atoms with van der Waals surface area (Å²) in [5.41, 5.74) is 5.35. The monoisotopic (exact) mass is 425 g/mol. The standard InChI is InChI=1S/C26H23N3O3/c30-24(18-10-4-1-5-11-18)22-17-16-21-23(29(22)27-19-12-6-2-7-13-19)26(32)28(25(21)31)20-14-8-3-9-15-20/h1-17,21-24,27,30H/t21-,22-,23+,24-/m1/s1. The number of fused-ring (bicyclic) bond motifs is 1. The molecule has 32 heavy (non-hydrogen) atoms. The lowest BCUT2D eigenvalue weighted by atomic mass is 9.90. The van der Waals surface area contributed by atoms with Crippen LogP contribution in [0.15, 0.2) is 103 Å². The molecule has 160 valence electrons. The van der Waals surface area contributed by atoms with Crippen LogP contribution in [0.2, 0.25) is 0 Å². The molecule has 0 saturated carbocycles. The minimum Gasteiger partial charge on any atom is -0.386 e. The first-order valence-electron chi connectivity index (χ1n) is 10.6. The Balaban J connectivity index is 1.54. The maximum Gasteiger partial charge on any atom is 0.254 e. The van der Waals surface area contributed by atoms with E-state index >= 15 is 0 Å². The van der Waals surface area contributed by atoms with E-state index in [1.165, 1.54) is 4.90 Å². The van der Waals surface area contributed by atoms with Gasteiger partial charge >= 0.3 is 0 Å². The number of nitrogens with zero attached hydrogens (tertiary/aromatic N) is 2. The third-order valence-electron chi connectivity index (χ3n) is 5.97. The molecule has 0 unspecified atom stereocenters. The van der Waals surface area contributed by atoms with E-state index in [0.717, 1.165) is 11.3 Å². The lowest BCUT2D eigenvalue weighted by Gasteiger charge is -2.40. The number of nitrogens with one attached hydrogen (secondary N) is 1. The second kappa shape index (κ2) is 8.42. The quantitative estimate of drug-likeness (QED) is 0.483. The van der Waals surface area contributed by atoms with Crippen molar-refractivity contribution in [2.24, 2.45) is 5.92 Å². The summed E-state index contributed by atoms with van der Waals surface area (Å²) < 4.78 is 0. The molecule has 0 aliphatic carbocycles. The Bertz CT molecular complexity index is 1130. The first kappa shape index (κ1) is 20.2. The molecule has 6 heteroatoms. The van der Waals surface area contributed by atoms with E-state index in [9.17, 15) is 14.7 Å². The van der Waals surface area contributed by atoms with Gasteiger partial charge in [0, 0.05) is 5.69 Å². The predicted octanol–water partition coefficient (Wildman–Crippen LogP) is 3.55. The zero-order chi connectivity index (χ0) is 22.1. The Morgan fingerprint density at radius 1 is 0.750 bits per heavy atom. The first-order chi connectivity index (χ1) is 15.6. The fraction of sp³-hybridized carbons (Fsp3) is 0.154. The van der Waals surface area contributed by atoms with Crippen molar-refractivity contribution in [3.8, 4) is 0 Å². The summed E-state index contributed by atoms with van der Waals surface area (Å²) in [4.78, 5) is 28.0.